The summed E-state index contributed by atoms with van der Waals surface area (Å²) >= 11 is 1.50. The molecule has 1 aliphatic rings. The predicted molar refractivity (Wildman–Crippen MR) is 85.4 cm³/mol. The number of likely N-dealkylation sites (tertiary alicyclic amines) is 1. The van der Waals surface area contributed by atoms with Gasteiger partial charge in [0.15, 0.2) is 0 Å². The number of nitrogens with zero attached hydrogens (tertiary/aromatic N) is 1. The number of thiophene rings is 1. The average molecular weight is 323 g/mol. The molecule has 1 aliphatic heterocycles. The molecule has 1 saturated heterocycles. The van der Waals surface area contributed by atoms with Gasteiger partial charge in [0.1, 0.15) is 0 Å². The van der Waals surface area contributed by atoms with Crippen LogP contribution in [0.3, 0.4) is 0 Å². The molecule has 2 rings (SSSR count). The summed E-state index contributed by atoms with van der Waals surface area (Å²) in [5.74, 6) is -0.344. The van der Waals surface area contributed by atoms with E-state index in [1.807, 2.05) is 16.3 Å². The van der Waals surface area contributed by atoms with Gasteiger partial charge in [-0.15, -0.1) is 11.3 Å². The lowest BCUT2D eigenvalue weighted by Gasteiger charge is -2.31. The molecule has 120 valence electrons. The number of aliphatic hydroxyl groups excluding tert-OH is 1. The lowest BCUT2D eigenvalue weighted by Crippen LogP contribution is -2.37. The number of piperidine rings is 1. The maximum atomic E-state index is 12.1. The number of hydrogen-bond acceptors (Lipinski definition) is 4. The highest BCUT2D eigenvalue weighted by Gasteiger charge is 2.21. The van der Waals surface area contributed by atoms with Crippen molar-refractivity contribution in [2.45, 2.75) is 32.3 Å². The van der Waals surface area contributed by atoms with Gasteiger partial charge in [-0.3, -0.25) is 9.59 Å². The molecular formula is C16H21NO4S. The predicted octanol–water partition coefficient (Wildman–Crippen LogP) is 2.36. The summed E-state index contributed by atoms with van der Waals surface area (Å²) in [6.45, 7) is 1.40. The quantitative estimate of drug-likeness (QED) is 0.788. The molecule has 0 saturated carbocycles. The van der Waals surface area contributed by atoms with E-state index in [2.05, 4.69) is 0 Å². The molecule has 1 fully saturated rings. The van der Waals surface area contributed by atoms with Crippen LogP contribution in [-0.4, -0.2) is 40.1 Å². The standard InChI is InChI=1S/C16H21NO4S/c18-10-13-9-14(22-11-13)2-3-15(19)17-7-5-12(6-8-17)1-4-16(20)21/h2-3,9,11-12,18H,1,4-8,10H2,(H,20,21)/b3-2+. The van der Waals surface area contributed by atoms with E-state index < -0.39 is 5.97 Å². The molecule has 2 N–H and O–H groups in total. The number of amides is 1. The molecule has 0 aliphatic carbocycles. The normalized spacial score (nSPS) is 16.3. The Morgan fingerprint density at radius 2 is 2.09 bits per heavy atom. The number of carbonyl (C=O) groups is 2. The monoisotopic (exact) mass is 323 g/mol. The van der Waals surface area contributed by atoms with E-state index in [0.717, 1.165) is 23.3 Å². The summed E-state index contributed by atoms with van der Waals surface area (Å²) in [7, 11) is 0. The fourth-order valence-electron chi connectivity index (χ4n) is 2.59. The van der Waals surface area contributed by atoms with E-state index in [1.165, 1.54) is 11.3 Å². The topological polar surface area (TPSA) is 77.8 Å². The molecule has 0 unspecified atom stereocenters. The van der Waals surface area contributed by atoms with E-state index in [0.29, 0.717) is 25.4 Å². The fourth-order valence-corrected chi connectivity index (χ4v) is 3.39. The molecule has 0 bridgehead atoms. The van der Waals surface area contributed by atoms with Crippen LogP contribution in [0.4, 0.5) is 0 Å². The lowest BCUT2D eigenvalue weighted by molar-refractivity contribution is -0.137. The summed E-state index contributed by atoms with van der Waals surface area (Å²) < 4.78 is 0. The SMILES string of the molecule is O=C(O)CCC1CCN(C(=O)/C=C/c2cc(CO)cs2)CC1. The highest BCUT2D eigenvalue weighted by Crippen LogP contribution is 2.22. The molecule has 1 aromatic rings. The summed E-state index contributed by atoms with van der Waals surface area (Å²) in [6.07, 6.45) is 6.02. The molecule has 6 heteroatoms. The Labute approximate surface area is 133 Å². The first-order chi connectivity index (χ1) is 10.6. The second-order valence-corrected chi connectivity index (χ2v) is 6.49. The van der Waals surface area contributed by atoms with Crippen molar-refractivity contribution in [1.29, 1.82) is 0 Å². The first kappa shape index (κ1) is 16.7. The number of carboxylic acid groups (broad SMARTS) is 1. The van der Waals surface area contributed by atoms with Crippen LogP contribution < -0.4 is 0 Å². The minimum absolute atomic E-state index is 0.00404. The van der Waals surface area contributed by atoms with Crippen molar-refractivity contribution < 1.29 is 19.8 Å². The van der Waals surface area contributed by atoms with Gasteiger partial charge < -0.3 is 15.1 Å². The first-order valence-electron chi connectivity index (χ1n) is 7.45. The van der Waals surface area contributed by atoms with Crippen LogP contribution in [-0.2, 0) is 16.2 Å². The van der Waals surface area contributed by atoms with Crippen LogP contribution in [0.15, 0.2) is 17.5 Å². The Kier molecular flexibility index (Phi) is 6.15. The third kappa shape index (κ3) is 4.96. The van der Waals surface area contributed by atoms with Crippen molar-refractivity contribution >= 4 is 29.3 Å². The largest absolute Gasteiger partial charge is 0.481 e. The van der Waals surface area contributed by atoms with Crippen LogP contribution in [0, 0.1) is 5.92 Å². The van der Waals surface area contributed by atoms with E-state index in [4.69, 9.17) is 10.2 Å². The molecule has 2 heterocycles. The molecular weight excluding hydrogens is 302 g/mol. The van der Waals surface area contributed by atoms with Crippen molar-refractivity contribution in [3.63, 3.8) is 0 Å². The molecule has 22 heavy (non-hydrogen) atoms. The number of carbonyl (C=O) groups excluding carboxylic acids is 1. The summed E-state index contributed by atoms with van der Waals surface area (Å²) in [5.41, 5.74) is 0.858. The van der Waals surface area contributed by atoms with Crippen LogP contribution in [0.25, 0.3) is 6.08 Å². The molecule has 0 aromatic carbocycles. The zero-order valence-electron chi connectivity index (χ0n) is 12.4. The minimum Gasteiger partial charge on any atom is -0.481 e. The van der Waals surface area contributed by atoms with Crippen molar-refractivity contribution in [2.75, 3.05) is 13.1 Å². The van der Waals surface area contributed by atoms with Gasteiger partial charge in [-0.05, 0) is 48.3 Å². The smallest absolute Gasteiger partial charge is 0.303 e. The van der Waals surface area contributed by atoms with Crippen LogP contribution in [0.5, 0.6) is 0 Å². The Hall–Kier alpha value is -1.66. The van der Waals surface area contributed by atoms with E-state index in [-0.39, 0.29) is 18.9 Å². The fraction of sp³-hybridized carbons (Fsp3) is 0.500. The highest BCUT2D eigenvalue weighted by molar-refractivity contribution is 7.11. The van der Waals surface area contributed by atoms with Gasteiger partial charge in [-0.2, -0.15) is 0 Å². The second-order valence-electron chi connectivity index (χ2n) is 5.55. The van der Waals surface area contributed by atoms with Gasteiger partial charge in [0.25, 0.3) is 0 Å². The van der Waals surface area contributed by atoms with Crippen molar-refractivity contribution in [3.05, 3.63) is 28.0 Å². The third-order valence-electron chi connectivity index (χ3n) is 3.94. The van der Waals surface area contributed by atoms with Crippen molar-refractivity contribution in [1.82, 2.24) is 4.90 Å². The Morgan fingerprint density at radius 1 is 1.36 bits per heavy atom. The van der Waals surface area contributed by atoms with Crippen molar-refractivity contribution in [3.8, 4) is 0 Å². The average Bonchev–Trinajstić information content (AvgIpc) is 2.99. The zero-order valence-corrected chi connectivity index (χ0v) is 13.2. The van der Waals surface area contributed by atoms with Crippen LogP contribution in [0.2, 0.25) is 0 Å². The minimum atomic E-state index is -0.750. The van der Waals surface area contributed by atoms with E-state index in [9.17, 15) is 9.59 Å². The summed E-state index contributed by atoms with van der Waals surface area (Å²) in [6, 6.07) is 1.87. The van der Waals surface area contributed by atoms with Gasteiger partial charge in [-0.1, -0.05) is 0 Å². The number of hydrogen-bond donors (Lipinski definition) is 2. The number of aliphatic carboxylic acids is 1. The number of carboxylic acids is 1. The number of rotatable bonds is 6. The summed E-state index contributed by atoms with van der Waals surface area (Å²) in [5, 5.41) is 19.6. The van der Waals surface area contributed by atoms with Gasteiger partial charge >= 0.3 is 5.97 Å². The van der Waals surface area contributed by atoms with Crippen LogP contribution >= 0.6 is 11.3 Å². The maximum Gasteiger partial charge on any atom is 0.303 e. The maximum absolute atomic E-state index is 12.1. The van der Waals surface area contributed by atoms with Gasteiger partial charge in [-0.25, -0.2) is 0 Å². The molecule has 1 amide bonds. The van der Waals surface area contributed by atoms with E-state index in [1.54, 1.807) is 12.2 Å². The van der Waals surface area contributed by atoms with Gasteiger partial charge in [0.2, 0.25) is 5.91 Å². The first-order valence-corrected chi connectivity index (χ1v) is 8.33. The second kappa shape index (κ2) is 8.10. The van der Waals surface area contributed by atoms with Crippen molar-refractivity contribution in [2.24, 2.45) is 5.92 Å². The molecule has 0 atom stereocenters. The highest BCUT2D eigenvalue weighted by atomic mass is 32.1. The zero-order chi connectivity index (χ0) is 15.9. The Bertz CT molecular complexity index is 544. The van der Waals surface area contributed by atoms with Gasteiger partial charge in [0, 0.05) is 30.5 Å². The molecule has 5 nitrogen and oxygen atoms in total. The molecule has 0 spiro atoms. The Morgan fingerprint density at radius 3 is 2.68 bits per heavy atom. The van der Waals surface area contributed by atoms with Crippen LogP contribution in [0.1, 0.15) is 36.1 Å². The lowest BCUT2D eigenvalue weighted by atomic mass is 9.92. The molecule has 1 aromatic heterocycles. The molecule has 0 radical (unpaired) electrons. The summed E-state index contributed by atoms with van der Waals surface area (Å²) in [4.78, 5) is 25.5. The van der Waals surface area contributed by atoms with Gasteiger partial charge in [0.05, 0.1) is 6.61 Å². The number of aliphatic hydroxyl groups is 1. The van der Waals surface area contributed by atoms with E-state index >= 15 is 0 Å². The third-order valence-corrected chi connectivity index (χ3v) is 4.89. The Balaban J connectivity index is 1.78.